The zero-order chi connectivity index (χ0) is 12.5. The molecule has 1 aromatic heterocycles. The Kier molecular flexibility index (Phi) is 3.19. The lowest BCUT2D eigenvalue weighted by molar-refractivity contribution is -0.124. The van der Waals surface area contributed by atoms with Crippen molar-refractivity contribution < 1.29 is 14.7 Å². The summed E-state index contributed by atoms with van der Waals surface area (Å²) in [5.41, 5.74) is -0.284. The molecule has 1 aromatic rings. The molecular weight excluding hydrogens is 238 g/mol. The minimum Gasteiger partial charge on any atom is -0.477 e. The summed E-state index contributed by atoms with van der Waals surface area (Å²) < 4.78 is 0. The average molecular weight is 253 g/mol. The molecule has 1 saturated carbocycles. The molecule has 0 bridgehead atoms. The number of thiophene rings is 1. The van der Waals surface area contributed by atoms with E-state index in [-0.39, 0.29) is 16.2 Å². The topological polar surface area (TPSA) is 66.4 Å². The Bertz CT molecular complexity index is 446. The highest BCUT2D eigenvalue weighted by Crippen LogP contribution is 2.38. The van der Waals surface area contributed by atoms with Crippen LogP contribution in [0.1, 0.15) is 42.3 Å². The minimum atomic E-state index is -0.956. The Morgan fingerprint density at radius 2 is 2.00 bits per heavy atom. The largest absolute Gasteiger partial charge is 0.477 e. The van der Waals surface area contributed by atoms with Crippen molar-refractivity contribution in [3.05, 3.63) is 17.0 Å². The van der Waals surface area contributed by atoms with Crippen LogP contribution >= 0.6 is 11.3 Å². The molecule has 0 radical (unpaired) electrons. The van der Waals surface area contributed by atoms with Gasteiger partial charge < -0.3 is 10.4 Å². The zero-order valence-corrected chi connectivity index (χ0v) is 10.5. The van der Waals surface area contributed by atoms with Crippen molar-refractivity contribution in [2.24, 2.45) is 5.41 Å². The fourth-order valence-corrected chi connectivity index (χ4v) is 2.91. The summed E-state index contributed by atoms with van der Waals surface area (Å²) in [5.74, 6) is -0.948. The summed E-state index contributed by atoms with van der Waals surface area (Å²) in [7, 11) is 0. The Balaban J connectivity index is 2.05. The number of hydrogen-bond donors (Lipinski definition) is 2. The van der Waals surface area contributed by atoms with Crippen LogP contribution in [0.3, 0.4) is 0 Å². The number of carbonyl (C=O) groups excluding carboxylic acids is 1. The highest BCUT2D eigenvalue weighted by molar-refractivity contribution is 7.18. The summed E-state index contributed by atoms with van der Waals surface area (Å²) in [6.45, 7) is 1.97. The quantitative estimate of drug-likeness (QED) is 0.870. The standard InChI is InChI=1S/C12H15NO3S/c1-12(6-2-3-7-12)11(16)13-9-5-4-8(17-9)10(14)15/h4-5H,2-3,6-7H2,1H3,(H,13,16)(H,14,15). The van der Waals surface area contributed by atoms with E-state index in [0.29, 0.717) is 5.00 Å². The van der Waals surface area contributed by atoms with Crippen LogP contribution in [0.5, 0.6) is 0 Å². The maximum Gasteiger partial charge on any atom is 0.345 e. The Hall–Kier alpha value is -1.36. The molecule has 0 saturated heterocycles. The minimum absolute atomic E-state index is 0.00814. The number of anilines is 1. The van der Waals surface area contributed by atoms with E-state index < -0.39 is 5.97 Å². The third kappa shape index (κ3) is 2.49. The van der Waals surface area contributed by atoms with E-state index >= 15 is 0 Å². The van der Waals surface area contributed by atoms with Crippen LogP contribution in [0.2, 0.25) is 0 Å². The second-order valence-electron chi connectivity index (χ2n) is 4.69. The summed E-state index contributed by atoms with van der Waals surface area (Å²) in [5, 5.41) is 12.2. The van der Waals surface area contributed by atoms with Gasteiger partial charge in [-0.15, -0.1) is 11.3 Å². The fourth-order valence-electron chi connectivity index (χ4n) is 2.17. The van der Waals surface area contributed by atoms with Gasteiger partial charge in [-0.1, -0.05) is 19.8 Å². The molecule has 1 fully saturated rings. The molecular formula is C12H15NO3S. The fraction of sp³-hybridized carbons (Fsp3) is 0.500. The van der Waals surface area contributed by atoms with Gasteiger partial charge in [0.1, 0.15) is 4.88 Å². The Morgan fingerprint density at radius 3 is 2.53 bits per heavy atom. The normalized spacial score (nSPS) is 17.9. The molecule has 1 aliphatic rings. The summed E-state index contributed by atoms with van der Waals surface area (Å²) >= 11 is 1.10. The first-order chi connectivity index (χ1) is 8.01. The third-order valence-corrected chi connectivity index (χ3v) is 4.30. The maximum atomic E-state index is 12.1. The first kappa shape index (κ1) is 12.1. The molecule has 92 valence electrons. The number of aromatic carboxylic acids is 1. The lowest BCUT2D eigenvalue weighted by atomic mass is 9.88. The monoisotopic (exact) mass is 253 g/mol. The number of carboxylic acid groups (broad SMARTS) is 1. The lowest BCUT2D eigenvalue weighted by Gasteiger charge is -2.21. The van der Waals surface area contributed by atoms with Gasteiger partial charge in [0.2, 0.25) is 5.91 Å². The zero-order valence-electron chi connectivity index (χ0n) is 9.66. The molecule has 1 heterocycles. The molecule has 0 aromatic carbocycles. The van der Waals surface area contributed by atoms with E-state index in [1.807, 2.05) is 6.92 Å². The van der Waals surface area contributed by atoms with Gasteiger partial charge in [-0.3, -0.25) is 4.79 Å². The van der Waals surface area contributed by atoms with Gasteiger partial charge in [0, 0.05) is 5.41 Å². The van der Waals surface area contributed by atoms with Gasteiger partial charge >= 0.3 is 5.97 Å². The molecule has 0 atom stereocenters. The summed E-state index contributed by atoms with van der Waals surface area (Å²) in [4.78, 5) is 23.0. The molecule has 1 amide bonds. The molecule has 0 spiro atoms. The van der Waals surface area contributed by atoms with Crippen molar-refractivity contribution in [1.82, 2.24) is 0 Å². The van der Waals surface area contributed by atoms with Crippen LogP contribution in [-0.2, 0) is 4.79 Å². The van der Waals surface area contributed by atoms with E-state index in [9.17, 15) is 9.59 Å². The number of nitrogens with one attached hydrogen (secondary N) is 1. The van der Waals surface area contributed by atoms with Crippen molar-refractivity contribution in [3.63, 3.8) is 0 Å². The van der Waals surface area contributed by atoms with E-state index in [1.165, 1.54) is 6.07 Å². The van der Waals surface area contributed by atoms with Crippen molar-refractivity contribution in [2.45, 2.75) is 32.6 Å². The first-order valence-corrected chi connectivity index (χ1v) is 6.47. The van der Waals surface area contributed by atoms with Gasteiger partial charge in [0.15, 0.2) is 0 Å². The van der Waals surface area contributed by atoms with E-state index in [2.05, 4.69) is 5.32 Å². The number of rotatable bonds is 3. The predicted octanol–water partition coefficient (Wildman–Crippen LogP) is 2.97. The van der Waals surface area contributed by atoms with Gasteiger partial charge in [0.05, 0.1) is 5.00 Å². The van der Waals surface area contributed by atoms with Crippen LogP contribution < -0.4 is 5.32 Å². The van der Waals surface area contributed by atoms with Crippen molar-refractivity contribution >= 4 is 28.2 Å². The van der Waals surface area contributed by atoms with Crippen molar-refractivity contribution in [2.75, 3.05) is 5.32 Å². The SMILES string of the molecule is CC1(C(=O)Nc2ccc(C(=O)O)s2)CCCC1. The van der Waals surface area contributed by atoms with Crippen molar-refractivity contribution in [1.29, 1.82) is 0 Å². The molecule has 0 unspecified atom stereocenters. The molecule has 0 aliphatic heterocycles. The Labute approximate surface area is 104 Å². The summed E-state index contributed by atoms with van der Waals surface area (Å²) in [6, 6.07) is 3.16. The van der Waals surface area contributed by atoms with Crippen LogP contribution in [0.4, 0.5) is 5.00 Å². The number of amides is 1. The maximum absolute atomic E-state index is 12.1. The number of hydrogen-bond acceptors (Lipinski definition) is 3. The van der Waals surface area contributed by atoms with Gasteiger partial charge in [-0.2, -0.15) is 0 Å². The predicted molar refractivity (Wildman–Crippen MR) is 66.5 cm³/mol. The van der Waals surface area contributed by atoms with Crippen LogP contribution in [0, 0.1) is 5.41 Å². The van der Waals surface area contributed by atoms with Crippen LogP contribution in [-0.4, -0.2) is 17.0 Å². The third-order valence-electron chi connectivity index (χ3n) is 3.31. The molecule has 2 N–H and O–H groups in total. The highest BCUT2D eigenvalue weighted by Gasteiger charge is 2.36. The molecule has 2 rings (SSSR count). The van der Waals surface area contributed by atoms with Crippen LogP contribution in [0.15, 0.2) is 12.1 Å². The molecule has 17 heavy (non-hydrogen) atoms. The van der Waals surface area contributed by atoms with Crippen molar-refractivity contribution in [3.8, 4) is 0 Å². The smallest absolute Gasteiger partial charge is 0.345 e. The molecule has 1 aliphatic carbocycles. The second kappa shape index (κ2) is 4.49. The van der Waals surface area contributed by atoms with Crippen LogP contribution in [0.25, 0.3) is 0 Å². The van der Waals surface area contributed by atoms with Gasteiger partial charge in [-0.25, -0.2) is 4.79 Å². The van der Waals surface area contributed by atoms with E-state index in [0.717, 1.165) is 37.0 Å². The van der Waals surface area contributed by atoms with Gasteiger partial charge in [0.25, 0.3) is 0 Å². The molecule has 4 nitrogen and oxygen atoms in total. The number of carbonyl (C=O) groups is 2. The molecule has 5 heteroatoms. The average Bonchev–Trinajstić information content (AvgIpc) is 2.88. The lowest BCUT2D eigenvalue weighted by Crippen LogP contribution is -2.30. The number of carboxylic acids is 1. The first-order valence-electron chi connectivity index (χ1n) is 5.66. The Morgan fingerprint density at radius 1 is 1.35 bits per heavy atom. The summed E-state index contributed by atoms with van der Waals surface area (Å²) in [6.07, 6.45) is 4.01. The highest BCUT2D eigenvalue weighted by atomic mass is 32.1. The van der Waals surface area contributed by atoms with E-state index in [1.54, 1.807) is 6.07 Å². The van der Waals surface area contributed by atoms with E-state index in [4.69, 9.17) is 5.11 Å². The second-order valence-corrected chi connectivity index (χ2v) is 5.77. The van der Waals surface area contributed by atoms with Gasteiger partial charge in [-0.05, 0) is 25.0 Å².